The summed E-state index contributed by atoms with van der Waals surface area (Å²) >= 11 is 8.88. The van der Waals surface area contributed by atoms with Gasteiger partial charge in [-0.3, -0.25) is 19.2 Å². The Morgan fingerprint density at radius 1 is 0.692 bits per heavy atom. The normalized spacial score (nSPS) is 16.4. The Balaban J connectivity index is 6.07. The van der Waals surface area contributed by atoms with E-state index in [0.717, 1.165) is 6.42 Å². The number of carbonyl (C=O) groups excluding carboxylic acids is 4. The third-order valence-electron chi connectivity index (χ3n) is 6.93. The van der Waals surface area contributed by atoms with Gasteiger partial charge in [-0.15, -0.1) is 0 Å². The monoisotopic (exact) mass is 592 g/mol. The van der Waals surface area contributed by atoms with Gasteiger partial charge in [-0.2, -0.15) is 25.3 Å². The largest absolute Gasteiger partial charge is 0.464 e. The van der Waals surface area contributed by atoms with E-state index in [0.29, 0.717) is 25.7 Å². The molecule has 228 valence electrons. The minimum atomic E-state index is -1.29. The molecule has 39 heavy (non-hydrogen) atoms. The number of hydrogen-bond acceptors (Lipinski definition) is 10. The Morgan fingerprint density at radius 2 is 1.18 bits per heavy atom. The van der Waals surface area contributed by atoms with Crippen molar-refractivity contribution in [3.8, 4) is 0 Å². The Hall–Kier alpha value is -1.42. The maximum absolute atomic E-state index is 13.0. The summed E-state index contributed by atoms with van der Waals surface area (Å²) in [7, 11) is 0. The molecule has 0 spiro atoms. The molecule has 5 unspecified atom stereocenters. The zero-order valence-corrected chi connectivity index (χ0v) is 27.2. The molecule has 0 aliphatic rings. The molecule has 0 amide bonds. The predicted molar refractivity (Wildman–Crippen MR) is 159 cm³/mol. The lowest BCUT2D eigenvalue weighted by molar-refractivity contribution is -0.177. The molecule has 0 fully saturated rings. The van der Waals surface area contributed by atoms with E-state index in [2.05, 4.69) is 25.3 Å². The quantitative estimate of drug-likeness (QED) is 0.112. The van der Waals surface area contributed by atoms with Gasteiger partial charge in [0, 0.05) is 5.25 Å². The van der Waals surface area contributed by atoms with Crippen molar-refractivity contribution in [3.63, 3.8) is 0 Å². The van der Waals surface area contributed by atoms with Gasteiger partial charge < -0.3 is 18.9 Å². The van der Waals surface area contributed by atoms with Gasteiger partial charge in [0.25, 0.3) is 0 Å². The van der Waals surface area contributed by atoms with Crippen molar-refractivity contribution in [2.75, 3.05) is 26.4 Å². The predicted octanol–water partition coefficient (Wildman–Crippen LogP) is 5.71. The van der Waals surface area contributed by atoms with E-state index in [4.69, 9.17) is 18.9 Å². The first-order valence-electron chi connectivity index (χ1n) is 14.1. The van der Waals surface area contributed by atoms with Gasteiger partial charge in [-0.25, -0.2) is 0 Å². The Bertz CT molecular complexity index is 783. The highest BCUT2D eigenvalue weighted by molar-refractivity contribution is 7.81. The Morgan fingerprint density at radius 3 is 1.62 bits per heavy atom. The minimum absolute atomic E-state index is 0.00213. The maximum atomic E-state index is 13.0. The topological polar surface area (TPSA) is 105 Å². The molecule has 0 saturated heterocycles. The molecular weight excluding hydrogens is 540 g/mol. The van der Waals surface area contributed by atoms with E-state index in [1.54, 1.807) is 34.6 Å². The third kappa shape index (κ3) is 14.2. The van der Waals surface area contributed by atoms with Crippen LogP contribution in [0.2, 0.25) is 0 Å². The van der Waals surface area contributed by atoms with Gasteiger partial charge in [0.1, 0.15) is 31.8 Å². The van der Waals surface area contributed by atoms with E-state index in [1.165, 1.54) is 0 Å². The lowest BCUT2D eigenvalue weighted by atomic mass is 9.89. The molecule has 5 atom stereocenters. The van der Waals surface area contributed by atoms with Crippen LogP contribution in [-0.2, 0) is 38.1 Å². The number of esters is 4. The third-order valence-corrected chi connectivity index (χ3v) is 7.72. The SMILES string of the molecule is CCC(S)CC(C)C(=O)OCC(COC(=O)C(C)C)(COC(=O)C(CC)CC(C)S)COC(=O)C(C)(C)CC. The molecule has 0 bridgehead atoms. The highest BCUT2D eigenvalue weighted by Crippen LogP contribution is 2.28. The fourth-order valence-corrected chi connectivity index (χ4v) is 3.99. The van der Waals surface area contributed by atoms with Crippen LogP contribution in [0.3, 0.4) is 0 Å². The smallest absolute Gasteiger partial charge is 0.311 e. The van der Waals surface area contributed by atoms with Crippen LogP contribution in [-0.4, -0.2) is 60.8 Å². The second kappa shape index (κ2) is 18.1. The molecule has 0 aliphatic carbocycles. The van der Waals surface area contributed by atoms with Gasteiger partial charge in [0.15, 0.2) is 0 Å². The average molecular weight is 593 g/mol. The lowest BCUT2D eigenvalue weighted by Gasteiger charge is -2.34. The van der Waals surface area contributed by atoms with Crippen molar-refractivity contribution >= 4 is 49.1 Å². The molecule has 0 aromatic rings. The summed E-state index contributed by atoms with van der Waals surface area (Å²) in [5.74, 6) is -3.01. The molecule has 0 radical (unpaired) electrons. The summed E-state index contributed by atoms with van der Waals surface area (Å²) < 4.78 is 22.6. The summed E-state index contributed by atoms with van der Waals surface area (Å²) in [6.07, 6.45) is 2.97. The highest BCUT2D eigenvalue weighted by Gasteiger charge is 2.40. The number of hydrogen-bond donors (Lipinski definition) is 2. The van der Waals surface area contributed by atoms with Gasteiger partial charge in [0.2, 0.25) is 0 Å². The molecular formula is C29H52O8S2. The van der Waals surface area contributed by atoms with Gasteiger partial charge in [-0.05, 0) is 51.2 Å². The molecule has 0 rings (SSSR count). The van der Waals surface area contributed by atoms with Gasteiger partial charge >= 0.3 is 23.9 Å². The molecule has 0 aromatic heterocycles. The first kappa shape index (κ1) is 37.6. The highest BCUT2D eigenvalue weighted by atomic mass is 32.1. The van der Waals surface area contributed by atoms with Crippen LogP contribution in [0.1, 0.15) is 94.4 Å². The van der Waals surface area contributed by atoms with Crippen molar-refractivity contribution in [2.45, 2.75) is 105 Å². The van der Waals surface area contributed by atoms with Crippen LogP contribution >= 0.6 is 25.3 Å². The van der Waals surface area contributed by atoms with Crippen LogP contribution in [0.5, 0.6) is 0 Å². The fraction of sp³-hybridized carbons (Fsp3) is 0.862. The standard InChI is InChI=1S/C29H52O8S2/c1-10-22(14-21(7)38)26(32)36-17-29(15-34-24(30)19(4)5,18-37-27(33)28(8,9)12-3)16-35-25(31)20(6)13-23(39)11-2/h19-23,38-39H,10-18H2,1-9H3. The summed E-state index contributed by atoms with van der Waals surface area (Å²) in [4.78, 5) is 51.0. The van der Waals surface area contributed by atoms with Gasteiger partial charge in [-0.1, -0.05) is 48.5 Å². The van der Waals surface area contributed by atoms with Gasteiger partial charge in [0.05, 0.1) is 23.2 Å². The first-order valence-corrected chi connectivity index (χ1v) is 15.1. The van der Waals surface area contributed by atoms with Crippen LogP contribution in [0.15, 0.2) is 0 Å². The Kier molecular flexibility index (Phi) is 17.4. The molecule has 10 heteroatoms. The molecule has 0 N–H and O–H groups in total. The molecule has 0 aromatic carbocycles. The molecule has 0 aliphatic heterocycles. The van der Waals surface area contributed by atoms with Crippen molar-refractivity contribution in [1.82, 2.24) is 0 Å². The molecule has 0 saturated carbocycles. The van der Waals surface area contributed by atoms with Crippen molar-refractivity contribution in [3.05, 3.63) is 0 Å². The van der Waals surface area contributed by atoms with Crippen molar-refractivity contribution in [2.24, 2.45) is 28.6 Å². The van der Waals surface area contributed by atoms with Crippen LogP contribution in [0, 0.1) is 28.6 Å². The van der Waals surface area contributed by atoms with Crippen molar-refractivity contribution < 1.29 is 38.1 Å². The minimum Gasteiger partial charge on any atom is -0.464 e. The average Bonchev–Trinajstić information content (AvgIpc) is 2.89. The number of thiol groups is 2. The molecule has 8 nitrogen and oxygen atoms in total. The van der Waals surface area contributed by atoms with Crippen LogP contribution in [0.25, 0.3) is 0 Å². The second-order valence-corrected chi connectivity index (χ2v) is 13.3. The van der Waals surface area contributed by atoms with E-state index in [9.17, 15) is 19.2 Å². The van der Waals surface area contributed by atoms with E-state index in [1.807, 2.05) is 27.7 Å². The lowest BCUT2D eigenvalue weighted by Crippen LogP contribution is -2.45. The van der Waals surface area contributed by atoms with Crippen LogP contribution in [0.4, 0.5) is 0 Å². The number of rotatable bonds is 19. The zero-order chi connectivity index (χ0) is 30.4. The fourth-order valence-electron chi connectivity index (χ4n) is 3.42. The van der Waals surface area contributed by atoms with E-state index >= 15 is 0 Å². The number of ether oxygens (including phenoxy) is 4. The second-order valence-electron chi connectivity index (χ2n) is 11.7. The summed E-state index contributed by atoms with van der Waals surface area (Å²) in [5.41, 5.74) is -2.04. The summed E-state index contributed by atoms with van der Waals surface area (Å²) in [6, 6.07) is 0. The van der Waals surface area contributed by atoms with Crippen molar-refractivity contribution in [1.29, 1.82) is 0 Å². The number of carbonyl (C=O) groups is 4. The molecule has 0 heterocycles. The van der Waals surface area contributed by atoms with E-state index in [-0.39, 0.29) is 42.8 Å². The van der Waals surface area contributed by atoms with Crippen LogP contribution < -0.4 is 0 Å². The summed E-state index contributed by atoms with van der Waals surface area (Å²) in [5, 5.41) is 0.0420. The Labute approximate surface area is 246 Å². The van der Waals surface area contributed by atoms with E-state index < -0.39 is 46.5 Å². The first-order chi connectivity index (χ1) is 18.0. The zero-order valence-electron chi connectivity index (χ0n) is 25.4. The maximum Gasteiger partial charge on any atom is 0.311 e. The summed E-state index contributed by atoms with van der Waals surface area (Å²) in [6.45, 7) is 15.3.